The predicted octanol–water partition coefficient (Wildman–Crippen LogP) is 3.98. The Hall–Kier alpha value is -1.94. The lowest BCUT2D eigenvalue weighted by molar-refractivity contribution is 0.0697. The standard InChI is InChI=1S/C13H7ClF2O2/c14-8-3-1-2-7(4-8)9-5-11(15)12(16)6-10(9)13(17)18/h1-6H,(H,17,18). The van der Waals surface area contributed by atoms with Gasteiger partial charge in [-0.2, -0.15) is 0 Å². The van der Waals surface area contributed by atoms with Gasteiger partial charge in [0.1, 0.15) is 0 Å². The average Bonchev–Trinajstić information content (AvgIpc) is 2.31. The van der Waals surface area contributed by atoms with E-state index in [0.29, 0.717) is 16.7 Å². The number of hydrogen-bond acceptors (Lipinski definition) is 1. The highest BCUT2D eigenvalue weighted by molar-refractivity contribution is 6.30. The summed E-state index contributed by atoms with van der Waals surface area (Å²) in [4.78, 5) is 11.0. The Morgan fingerprint density at radius 2 is 1.78 bits per heavy atom. The van der Waals surface area contributed by atoms with Crippen LogP contribution in [0.3, 0.4) is 0 Å². The molecule has 0 saturated heterocycles. The number of carboxylic acid groups (broad SMARTS) is 1. The minimum absolute atomic E-state index is 0.0869. The van der Waals surface area contributed by atoms with E-state index in [0.717, 1.165) is 6.07 Å². The van der Waals surface area contributed by atoms with E-state index in [1.807, 2.05) is 0 Å². The van der Waals surface area contributed by atoms with Gasteiger partial charge in [0.2, 0.25) is 0 Å². The van der Waals surface area contributed by atoms with Crippen molar-refractivity contribution in [2.75, 3.05) is 0 Å². The fourth-order valence-corrected chi connectivity index (χ4v) is 1.81. The topological polar surface area (TPSA) is 37.3 Å². The van der Waals surface area contributed by atoms with Crippen molar-refractivity contribution in [3.05, 3.63) is 58.6 Å². The highest BCUT2D eigenvalue weighted by Gasteiger charge is 2.16. The Bertz CT molecular complexity index is 626. The predicted molar refractivity (Wildman–Crippen MR) is 63.8 cm³/mol. The summed E-state index contributed by atoms with van der Waals surface area (Å²) in [6, 6.07) is 7.78. The number of carboxylic acids is 1. The van der Waals surface area contributed by atoms with Crippen molar-refractivity contribution in [1.82, 2.24) is 0 Å². The second kappa shape index (κ2) is 4.74. The smallest absolute Gasteiger partial charge is 0.336 e. The third-order valence-corrected chi connectivity index (χ3v) is 2.66. The van der Waals surface area contributed by atoms with Crippen LogP contribution >= 0.6 is 11.6 Å². The molecule has 2 rings (SSSR count). The number of carbonyl (C=O) groups is 1. The Balaban J connectivity index is 2.69. The minimum atomic E-state index is -1.33. The number of aromatic carboxylic acids is 1. The molecule has 0 fully saturated rings. The van der Waals surface area contributed by atoms with Gasteiger partial charge in [-0.05, 0) is 35.4 Å². The van der Waals surface area contributed by atoms with Crippen LogP contribution in [0.5, 0.6) is 0 Å². The van der Waals surface area contributed by atoms with E-state index in [1.165, 1.54) is 6.07 Å². The molecule has 5 heteroatoms. The molecule has 0 aliphatic heterocycles. The van der Waals surface area contributed by atoms with Crippen LogP contribution in [-0.4, -0.2) is 11.1 Å². The van der Waals surface area contributed by atoms with Gasteiger partial charge >= 0.3 is 5.97 Å². The first-order valence-electron chi connectivity index (χ1n) is 4.97. The van der Waals surface area contributed by atoms with Gasteiger partial charge in [-0.15, -0.1) is 0 Å². The SMILES string of the molecule is O=C(O)c1cc(F)c(F)cc1-c1cccc(Cl)c1. The molecule has 0 amide bonds. The first-order valence-corrected chi connectivity index (χ1v) is 5.35. The van der Waals surface area contributed by atoms with Gasteiger partial charge in [-0.25, -0.2) is 13.6 Å². The molecule has 2 aromatic rings. The van der Waals surface area contributed by atoms with Crippen LogP contribution in [0.2, 0.25) is 5.02 Å². The van der Waals surface area contributed by atoms with Crippen LogP contribution in [0.15, 0.2) is 36.4 Å². The van der Waals surface area contributed by atoms with E-state index in [9.17, 15) is 13.6 Å². The molecule has 0 bridgehead atoms. The van der Waals surface area contributed by atoms with E-state index < -0.39 is 17.6 Å². The fraction of sp³-hybridized carbons (Fsp3) is 0. The molecule has 2 aromatic carbocycles. The summed E-state index contributed by atoms with van der Waals surface area (Å²) in [7, 11) is 0. The number of halogens is 3. The first kappa shape index (κ1) is 12.5. The molecule has 0 spiro atoms. The zero-order valence-electron chi connectivity index (χ0n) is 8.95. The molecule has 0 saturated carbocycles. The fourth-order valence-electron chi connectivity index (χ4n) is 1.62. The monoisotopic (exact) mass is 268 g/mol. The quantitative estimate of drug-likeness (QED) is 0.894. The van der Waals surface area contributed by atoms with Gasteiger partial charge in [0.15, 0.2) is 11.6 Å². The number of benzene rings is 2. The molecule has 0 atom stereocenters. The van der Waals surface area contributed by atoms with Crippen LogP contribution in [0.4, 0.5) is 8.78 Å². The Kier molecular flexibility index (Phi) is 3.30. The maximum Gasteiger partial charge on any atom is 0.336 e. The summed E-state index contributed by atoms with van der Waals surface area (Å²) in [5.41, 5.74) is 0.193. The first-order chi connectivity index (χ1) is 8.49. The Labute approximate surface area is 106 Å². The van der Waals surface area contributed by atoms with Crippen molar-refractivity contribution in [1.29, 1.82) is 0 Å². The third-order valence-electron chi connectivity index (χ3n) is 2.43. The van der Waals surface area contributed by atoms with Crippen molar-refractivity contribution in [2.24, 2.45) is 0 Å². The maximum absolute atomic E-state index is 13.2. The zero-order valence-corrected chi connectivity index (χ0v) is 9.71. The lowest BCUT2D eigenvalue weighted by atomic mass is 9.99. The summed E-state index contributed by atoms with van der Waals surface area (Å²) >= 11 is 5.78. The van der Waals surface area contributed by atoms with Gasteiger partial charge in [-0.1, -0.05) is 23.7 Å². The molecular formula is C13H7ClF2O2. The molecular weight excluding hydrogens is 262 g/mol. The van der Waals surface area contributed by atoms with Gasteiger partial charge < -0.3 is 5.11 Å². The molecule has 0 heterocycles. The van der Waals surface area contributed by atoms with E-state index in [2.05, 4.69) is 0 Å². The minimum Gasteiger partial charge on any atom is -0.478 e. The van der Waals surface area contributed by atoms with Crippen LogP contribution in [0.1, 0.15) is 10.4 Å². The van der Waals surface area contributed by atoms with Crippen molar-refractivity contribution in [3.63, 3.8) is 0 Å². The third kappa shape index (κ3) is 2.33. The average molecular weight is 269 g/mol. The van der Waals surface area contributed by atoms with Crippen molar-refractivity contribution in [2.45, 2.75) is 0 Å². The lowest BCUT2D eigenvalue weighted by Gasteiger charge is -2.07. The second-order valence-corrected chi connectivity index (χ2v) is 4.06. The molecule has 2 nitrogen and oxygen atoms in total. The van der Waals surface area contributed by atoms with Crippen molar-refractivity contribution < 1.29 is 18.7 Å². The second-order valence-electron chi connectivity index (χ2n) is 3.63. The van der Waals surface area contributed by atoms with Gasteiger partial charge in [0, 0.05) is 5.02 Å². The van der Waals surface area contributed by atoms with Gasteiger partial charge in [0.25, 0.3) is 0 Å². The normalized spacial score (nSPS) is 10.4. The van der Waals surface area contributed by atoms with E-state index in [1.54, 1.807) is 18.2 Å². The summed E-state index contributed by atoms with van der Waals surface area (Å²) in [6.45, 7) is 0. The molecule has 92 valence electrons. The van der Waals surface area contributed by atoms with Gasteiger partial charge in [-0.3, -0.25) is 0 Å². The van der Waals surface area contributed by atoms with Crippen molar-refractivity contribution in [3.8, 4) is 11.1 Å². The number of hydrogen-bond donors (Lipinski definition) is 1. The van der Waals surface area contributed by atoms with Crippen LogP contribution in [-0.2, 0) is 0 Å². The molecule has 0 aliphatic rings. The summed E-state index contributed by atoms with van der Waals surface area (Å²) in [5.74, 6) is -3.63. The molecule has 0 aliphatic carbocycles. The Morgan fingerprint density at radius 1 is 1.11 bits per heavy atom. The van der Waals surface area contributed by atoms with Crippen molar-refractivity contribution >= 4 is 17.6 Å². The zero-order chi connectivity index (χ0) is 13.3. The highest BCUT2D eigenvalue weighted by Crippen LogP contribution is 2.28. The Morgan fingerprint density at radius 3 is 2.39 bits per heavy atom. The van der Waals surface area contributed by atoms with Crippen LogP contribution < -0.4 is 0 Å². The van der Waals surface area contributed by atoms with E-state index >= 15 is 0 Å². The molecule has 0 radical (unpaired) electrons. The lowest BCUT2D eigenvalue weighted by Crippen LogP contribution is -2.02. The summed E-state index contributed by atoms with van der Waals surface area (Å²) < 4.78 is 26.3. The highest BCUT2D eigenvalue weighted by atomic mass is 35.5. The molecule has 0 aromatic heterocycles. The van der Waals surface area contributed by atoms with Gasteiger partial charge in [0.05, 0.1) is 5.56 Å². The van der Waals surface area contributed by atoms with E-state index in [4.69, 9.17) is 16.7 Å². The maximum atomic E-state index is 13.2. The van der Waals surface area contributed by atoms with E-state index in [-0.39, 0.29) is 11.1 Å². The molecule has 1 N–H and O–H groups in total. The summed E-state index contributed by atoms with van der Waals surface area (Å²) in [5, 5.41) is 9.37. The van der Waals surface area contributed by atoms with Crippen LogP contribution in [0, 0.1) is 11.6 Å². The summed E-state index contributed by atoms with van der Waals surface area (Å²) in [6.07, 6.45) is 0. The molecule has 0 unspecified atom stereocenters. The van der Waals surface area contributed by atoms with Crippen LogP contribution in [0.25, 0.3) is 11.1 Å². The molecule has 18 heavy (non-hydrogen) atoms. The largest absolute Gasteiger partial charge is 0.478 e. The number of rotatable bonds is 2.